The van der Waals surface area contributed by atoms with Gasteiger partial charge in [-0.05, 0) is 31.0 Å². The molecule has 9 heteroatoms. The van der Waals surface area contributed by atoms with Crippen LogP contribution in [0.2, 0.25) is 0 Å². The SMILES string of the molecule is COc1ncc(N(F)c2cncc(C(N)=O)c2)c2c(NC3CCCCC3N)cccc12. The van der Waals surface area contributed by atoms with Crippen molar-refractivity contribution >= 4 is 33.7 Å². The molecule has 1 amide bonds. The largest absolute Gasteiger partial charge is 0.481 e. The van der Waals surface area contributed by atoms with Crippen LogP contribution < -0.4 is 26.6 Å². The van der Waals surface area contributed by atoms with E-state index >= 15 is 4.48 Å². The number of carbonyl (C=O) groups is 1. The van der Waals surface area contributed by atoms with Crippen molar-refractivity contribution in [1.82, 2.24) is 9.97 Å². The van der Waals surface area contributed by atoms with Gasteiger partial charge >= 0.3 is 0 Å². The molecule has 31 heavy (non-hydrogen) atoms. The van der Waals surface area contributed by atoms with Gasteiger partial charge in [-0.15, -0.1) is 0 Å². The molecule has 0 aliphatic heterocycles. The third-order valence-corrected chi connectivity index (χ3v) is 5.66. The highest BCUT2D eigenvalue weighted by Crippen LogP contribution is 2.40. The molecule has 5 N–H and O–H groups in total. The Morgan fingerprint density at radius 3 is 2.81 bits per heavy atom. The fourth-order valence-electron chi connectivity index (χ4n) is 4.04. The van der Waals surface area contributed by atoms with Gasteiger partial charge in [-0.3, -0.25) is 9.78 Å². The Labute approximate surface area is 179 Å². The van der Waals surface area contributed by atoms with E-state index in [1.807, 2.05) is 18.2 Å². The Morgan fingerprint density at radius 2 is 2.06 bits per heavy atom. The topological polar surface area (TPSA) is 119 Å². The molecule has 0 saturated heterocycles. The molecule has 0 spiro atoms. The molecule has 1 aliphatic rings. The van der Waals surface area contributed by atoms with E-state index < -0.39 is 5.91 Å². The second kappa shape index (κ2) is 8.73. The van der Waals surface area contributed by atoms with E-state index in [9.17, 15) is 4.79 Å². The van der Waals surface area contributed by atoms with E-state index in [0.29, 0.717) is 21.8 Å². The van der Waals surface area contributed by atoms with Crippen molar-refractivity contribution in [3.05, 3.63) is 48.4 Å². The van der Waals surface area contributed by atoms with E-state index in [2.05, 4.69) is 15.3 Å². The van der Waals surface area contributed by atoms with Gasteiger partial charge in [0.15, 0.2) is 0 Å². The summed E-state index contributed by atoms with van der Waals surface area (Å²) in [5.74, 6) is -0.304. The quantitative estimate of drug-likeness (QED) is 0.519. The molecule has 3 aromatic rings. The molecule has 1 aromatic carbocycles. The predicted molar refractivity (Wildman–Crippen MR) is 118 cm³/mol. The van der Waals surface area contributed by atoms with Crippen molar-refractivity contribution in [1.29, 1.82) is 0 Å². The minimum absolute atomic E-state index is 0.0223. The maximum absolute atomic E-state index is 15.6. The van der Waals surface area contributed by atoms with Crippen LogP contribution in [0.25, 0.3) is 10.8 Å². The highest BCUT2D eigenvalue weighted by atomic mass is 19.2. The molecule has 1 fully saturated rings. The van der Waals surface area contributed by atoms with Crippen molar-refractivity contribution in [3.63, 3.8) is 0 Å². The summed E-state index contributed by atoms with van der Waals surface area (Å²) < 4.78 is 21.0. The molecule has 2 aromatic heterocycles. The van der Waals surface area contributed by atoms with E-state index in [0.717, 1.165) is 31.4 Å². The number of methoxy groups -OCH3 is 1. The summed E-state index contributed by atoms with van der Waals surface area (Å²) in [4.78, 5) is 19.7. The fraction of sp³-hybridized carbons (Fsp3) is 0.318. The first-order chi connectivity index (χ1) is 15.0. The maximum atomic E-state index is 15.6. The third-order valence-electron chi connectivity index (χ3n) is 5.66. The number of nitrogens with one attached hydrogen (secondary N) is 1. The molecule has 1 saturated carbocycles. The molecular weight excluding hydrogens is 399 g/mol. The number of hydrogen-bond donors (Lipinski definition) is 3. The Morgan fingerprint density at radius 1 is 1.26 bits per heavy atom. The van der Waals surface area contributed by atoms with Crippen LogP contribution in [0.4, 0.5) is 21.5 Å². The lowest BCUT2D eigenvalue weighted by Gasteiger charge is -2.31. The van der Waals surface area contributed by atoms with Gasteiger partial charge in [0, 0.05) is 34.7 Å². The summed E-state index contributed by atoms with van der Waals surface area (Å²) in [6.07, 6.45) is 8.09. The number of primary amides is 1. The average Bonchev–Trinajstić information content (AvgIpc) is 2.79. The Kier molecular flexibility index (Phi) is 5.85. The molecule has 4 rings (SSSR count). The highest BCUT2D eigenvalue weighted by molar-refractivity contribution is 6.06. The molecule has 162 valence electrons. The van der Waals surface area contributed by atoms with E-state index in [-0.39, 0.29) is 29.0 Å². The first-order valence-corrected chi connectivity index (χ1v) is 10.2. The van der Waals surface area contributed by atoms with Crippen LogP contribution in [0.3, 0.4) is 0 Å². The molecule has 0 radical (unpaired) electrons. The van der Waals surface area contributed by atoms with Crippen LogP contribution in [0.15, 0.2) is 42.9 Å². The minimum Gasteiger partial charge on any atom is -0.481 e. The molecule has 1 aliphatic carbocycles. The number of anilines is 3. The molecule has 2 unspecified atom stereocenters. The van der Waals surface area contributed by atoms with Crippen LogP contribution in [-0.2, 0) is 0 Å². The van der Waals surface area contributed by atoms with Crippen molar-refractivity contribution in [2.75, 3.05) is 17.5 Å². The molecule has 2 atom stereocenters. The zero-order valence-corrected chi connectivity index (χ0v) is 17.2. The first-order valence-electron chi connectivity index (χ1n) is 10.2. The number of rotatable bonds is 6. The number of nitrogens with zero attached hydrogens (tertiary/aromatic N) is 3. The predicted octanol–water partition coefficient (Wildman–Crippen LogP) is 3.44. The zero-order chi connectivity index (χ0) is 22.0. The third kappa shape index (κ3) is 4.09. The van der Waals surface area contributed by atoms with Gasteiger partial charge in [0.2, 0.25) is 11.8 Å². The number of hydrogen-bond acceptors (Lipinski definition) is 7. The van der Waals surface area contributed by atoms with Gasteiger partial charge in [-0.2, -0.15) is 5.12 Å². The van der Waals surface area contributed by atoms with Gasteiger partial charge in [-0.25, -0.2) is 4.98 Å². The van der Waals surface area contributed by atoms with Crippen LogP contribution >= 0.6 is 0 Å². The highest BCUT2D eigenvalue weighted by Gasteiger charge is 2.24. The average molecular weight is 424 g/mol. The van der Waals surface area contributed by atoms with E-state index in [1.165, 1.54) is 31.8 Å². The number of benzene rings is 1. The molecular formula is C22H25FN6O2. The first kappa shape index (κ1) is 20.8. The van der Waals surface area contributed by atoms with Crippen LogP contribution in [-0.4, -0.2) is 35.1 Å². The summed E-state index contributed by atoms with van der Waals surface area (Å²) in [7, 11) is 1.52. The number of carbonyl (C=O) groups excluding carboxylic acids is 1. The lowest BCUT2D eigenvalue weighted by Crippen LogP contribution is -2.42. The number of ether oxygens (including phenoxy) is 1. The standard InChI is InChI=1S/C22H25FN6O2/c1-31-22-15-5-4-8-18(28-17-7-3-2-6-16(17)24)20(15)19(12-27-22)29(23)14-9-13(21(25)30)10-26-11-14/h4-5,8-12,16-17,28H,2-3,6-7,24H2,1H3,(H2,25,30). The van der Waals surface area contributed by atoms with Gasteiger partial charge in [0.25, 0.3) is 0 Å². The number of halogens is 1. The maximum Gasteiger partial charge on any atom is 0.250 e. The smallest absolute Gasteiger partial charge is 0.250 e. The fourth-order valence-corrected chi connectivity index (χ4v) is 4.04. The normalized spacial score (nSPS) is 18.5. The Balaban J connectivity index is 1.83. The van der Waals surface area contributed by atoms with Crippen molar-refractivity contribution < 1.29 is 14.0 Å². The van der Waals surface area contributed by atoms with Crippen molar-refractivity contribution in [2.24, 2.45) is 11.5 Å². The number of fused-ring (bicyclic) bond motifs is 1. The number of pyridine rings is 2. The summed E-state index contributed by atoms with van der Waals surface area (Å²) in [5, 5.41) is 5.20. The lowest BCUT2D eigenvalue weighted by atomic mass is 9.90. The van der Waals surface area contributed by atoms with Gasteiger partial charge < -0.3 is 21.5 Å². The second-order valence-electron chi connectivity index (χ2n) is 7.66. The van der Waals surface area contributed by atoms with Crippen LogP contribution in [0, 0.1) is 0 Å². The number of aromatic nitrogens is 2. The summed E-state index contributed by atoms with van der Waals surface area (Å²) in [5.41, 5.74) is 12.7. The summed E-state index contributed by atoms with van der Waals surface area (Å²) in [6.45, 7) is 0. The van der Waals surface area contributed by atoms with Crippen LogP contribution in [0.1, 0.15) is 36.0 Å². The second-order valence-corrected chi connectivity index (χ2v) is 7.66. The molecule has 8 nitrogen and oxygen atoms in total. The van der Waals surface area contributed by atoms with Gasteiger partial charge in [-0.1, -0.05) is 23.4 Å². The lowest BCUT2D eigenvalue weighted by molar-refractivity contribution is 0.1000. The molecule has 0 bridgehead atoms. The Hall–Kier alpha value is -3.46. The summed E-state index contributed by atoms with van der Waals surface area (Å²) >= 11 is 0. The van der Waals surface area contributed by atoms with Crippen molar-refractivity contribution in [3.8, 4) is 5.88 Å². The van der Waals surface area contributed by atoms with E-state index in [1.54, 1.807) is 0 Å². The Bertz CT molecular complexity index is 1110. The molecule has 2 heterocycles. The monoisotopic (exact) mass is 424 g/mol. The zero-order valence-electron chi connectivity index (χ0n) is 17.2. The van der Waals surface area contributed by atoms with Gasteiger partial charge in [0.1, 0.15) is 5.69 Å². The summed E-state index contributed by atoms with van der Waals surface area (Å²) in [6, 6.07) is 7.03. The van der Waals surface area contributed by atoms with Crippen LogP contribution in [0.5, 0.6) is 5.88 Å². The van der Waals surface area contributed by atoms with Gasteiger partial charge in [0.05, 0.1) is 30.8 Å². The van der Waals surface area contributed by atoms with E-state index in [4.69, 9.17) is 16.2 Å². The number of amides is 1. The minimum atomic E-state index is -0.686. The number of nitrogens with two attached hydrogens (primary N) is 2. The van der Waals surface area contributed by atoms with Crippen molar-refractivity contribution in [2.45, 2.75) is 37.8 Å².